The van der Waals surface area contributed by atoms with Crippen LogP contribution in [0.15, 0.2) is 23.9 Å². The number of imide groups is 1. The molecule has 1 heterocycles. The van der Waals surface area contributed by atoms with E-state index in [0.29, 0.717) is 0 Å². The van der Waals surface area contributed by atoms with Crippen LogP contribution in [0, 0.1) is 20.2 Å². The lowest BCUT2D eigenvalue weighted by Gasteiger charge is -2.13. The second-order valence-electron chi connectivity index (χ2n) is 4.73. The van der Waals surface area contributed by atoms with Gasteiger partial charge in [0.2, 0.25) is 5.75 Å². The van der Waals surface area contributed by atoms with Crippen molar-refractivity contribution in [2.24, 2.45) is 0 Å². The zero-order chi connectivity index (χ0) is 18.7. The molecule has 2 N–H and O–H groups in total. The first-order chi connectivity index (χ1) is 11.8. The number of nitro benzene ring substituents is 2. The van der Waals surface area contributed by atoms with Crippen LogP contribution in [-0.4, -0.2) is 51.9 Å². The fourth-order valence-electron chi connectivity index (χ4n) is 2.24. The summed E-state index contributed by atoms with van der Waals surface area (Å²) < 4.78 is 4.76. The van der Waals surface area contributed by atoms with Crippen molar-refractivity contribution in [3.05, 3.63) is 44.1 Å². The maximum Gasteiger partial charge on any atom is 0.389 e. The van der Waals surface area contributed by atoms with Gasteiger partial charge in [0.1, 0.15) is 11.4 Å². The fraction of sp³-hybridized carbons (Fsp3) is 0.231. The van der Waals surface area contributed by atoms with E-state index in [1.807, 2.05) is 0 Å². The number of aliphatic hydroxyl groups is 1. The lowest BCUT2D eigenvalue weighted by Crippen LogP contribution is -2.34. The Labute approximate surface area is 139 Å². The van der Waals surface area contributed by atoms with Crippen LogP contribution in [0.1, 0.15) is 0 Å². The number of hydrogen-bond donors (Lipinski definition) is 2. The van der Waals surface area contributed by atoms with E-state index in [0.717, 1.165) is 30.2 Å². The molecule has 2 amide bonds. The molecule has 0 bridgehead atoms. The van der Waals surface area contributed by atoms with E-state index in [9.17, 15) is 29.8 Å². The average Bonchev–Trinajstić information content (AvgIpc) is 2.81. The number of aliphatic hydroxyl groups excluding tert-OH is 1. The van der Waals surface area contributed by atoms with Crippen molar-refractivity contribution >= 4 is 28.9 Å². The molecule has 12 heteroatoms. The van der Waals surface area contributed by atoms with Gasteiger partial charge in [0, 0.05) is 6.08 Å². The SMILES string of the molecule is COc1ccc(NC2=CC(=O)N(CCO)C2=O)c([N+](=O)[O-])c1[N+](=O)[O-]. The number of amides is 2. The second-order valence-corrected chi connectivity index (χ2v) is 4.73. The van der Waals surface area contributed by atoms with Gasteiger partial charge in [0.05, 0.1) is 30.1 Å². The first-order valence-electron chi connectivity index (χ1n) is 6.77. The largest absolute Gasteiger partial charge is 0.490 e. The smallest absolute Gasteiger partial charge is 0.389 e. The minimum Gasteiger partial charge on any atom is -0.490 e. The summed E-state index contributed by atoms with van der Waals surface area (Å²) in [4.78, 5) is 45.0. The number of nitrogens with one attached hydrogen (secondary N) is 1. The summed E-state index contributed by atoms with van der Waals surface area (Å²) in [6, 6.07) is 2.25. The van der Waals surface area contributed by atoms with E-state index >= 15 is 0 Å². The van der Waals surface area contributed by atoms with Crippen molar-refractivity contribution in [3.8, 4) is 5.75 Å². The third-order valence-corrected chi connectivity index (χ3v) is 3.30. The summed E-state index contributed by atoms with van der Waals surface area (Å²) in [5, 5.41) is 33.7. The third-order valence-electron chi connectivity index (χ3n) is 3.30. The van der Waals surface area contributed by atoms with Crippen LogP contribution >= 0.6 is 0 Å². The molecule has 0 unspecified atom stereocenters. The Morgan fingerprint density at radius 3 is 2.36 bits per heavy atom. The van der Waals surface area contributed by atoms with E-state index in [-0.39, 0.29) is 23.7 Å². The Balaban J connectivity index is 2.48. The molecule has 1 aliphatic heterocycles. The third kappa shape index (κ3) is 3.23. The van der Waals surface area contributed by atoms with Crippen molar-refractivity contribution in [1.29, 1.82) is 0 Å². The predicted molar refractivity (Wildman–Crippen MR) is 81.8 cm³/mol. The number of nitrogens with zero attached hydrogens (tertiary/aromatic N) is 3. The van der Waals surface area contributed by atoms with Crippen LogP contribution in [0.2, 0.25) is 0 Å². The highest BCUT2D eigenvalue weighted by Crippen LogP contribution is 2.42. The number of methoxy groups -OCH3 is 1. The van der Waals surface area contributed by atoms with Gasteiger partial charge in [-0.3, -0.25) is 34.7 Å². The molecule has 132 valence electrons. The molecule has 0 saturated carbocycles. The lowest BCUT2D eigenvalue weighted by molar-refractivity contribution is -0.422. The van der Waals surface area contributed by atoms with Crippen molar-refractivity contribution in [2.75, 3.05) is 25.6 Å². The van der Waals surface area contributed by atoms with E-state index in [4.69, 9.17) is 9.84 Å². The van der Waals surface area contributed by atoms with Crippen LogP contribution in [0.5, 0.6) is 5.75 Å². The van der Waals surface area contributed by atoms with Crippen molar-refractivity contribution in [1.82, 2.24) is 4.90 Å². The molecule has 12 nitrogen and oxygen atoms in total. The van der Waals surface area contributed by atoms with Crippen LogP contribution in [-0.2, 0) is 9.59 Å². The number of carbonyl (C=O) groups excluding carboxylic acids is 2. The van der Waals surface area contributed by atoms with Gasteiger partial charge in [-0.15, -0.1) is 0 Å². The maximum absolute atomic E-state index is 12.1. The summed E-state index contributed by atoms with van der Waals surface area (Å²) in [7, 11) is 1.12. The Morgan fingerprint density at radius 2 is 1.84 bits per heavy atom. The molecule has 0 radical (unpaired) electrons. The highest BCUT2D eigenvalue weighted by Gasteiger charge is 2.36. The van der Waals surface area contributed by atoms with Crippen molar-refractivity contribution in [3.63, 3.8) is 0 Å². The maximum atomic E-state index is 12.1. The molecule has 25 heavy (non-hydrogen) atoms. The number of benzene rings is 1. The topological polar surface area (TPSA) is 165 Å². The molecule has 0 atom stereocenters. The monoisotopic (exact) mass is 352 g/mol. The number of anilines is 1. The molecule has 1 aromatic rings. The van der Waals surface area contributed by atoms with Crippen LogP contribution in [0.3, 0.4) is 0 Å². The van der Waals surface area contributed by atoms with Gasteiger partial charge in [0.15, 0.2) is 0 Å². The van der Waals surface area contributed by atoms with Gasteiger partial charge >= 0.3 is 11.4 Å². The predicted octanol–water partition coefficient (Wildman–Crippen LogP) is 0.169. The normalized spacial score (nSPS) is 13.7. The van der Waals surface area contributed by atoms with Gasteiger partial charge in [-0.2, -0.15) is 0 Å². The highest BCUT2D eigenvalue weighted by atomic mass is 16.6. The minimum absolute atomic E-state index is 0.246. The van der Waals surface area contributed by atoms with Gasteiger partial charge < -0.3 is 15.2 Å². The standard InChI is InChI=1S/C13H12N4O8/c1-25-9-3-2-7(11(16(21)22)12(9)17(23)24)14-8-6-10(19)15(4-5-18)13(8)20/h2-3,6,14,18H,4-5H2,1H3. The quantitative estimate of drug-likeness (QED) is 0.395. The number of β-amino-alcohol motifs (C(OH)–C–C–N with tert-alkyl or cyclic N) is 1. The van der Waals surface area contributed by atoms with Crippen LogP contribution in [0.25, 0.3) is 0 Å². The van der Waals surface area contributed by atoms with E-state index in [2.05, 4.69) is 5.32 Å². The summed E-state index contributed by atoms with van der Waals surface area (Å²) in [5.74, 6) is -1.86. The van der Waals surface area contributed by atoms with Crippen molar-refractivity contribution < 1.29 is 29.3 Å². The van der Waals surface area contributed by atoms with Crippen LogP contribution in [0.4, 0.5) is 17.1 Å². The van der Waals surface area contributed by atoms with E-state index in [1.54, 1.807) is 0 Å². The molecule has 1 aromatic carbocycles. The summed E-state index contributed by atoms with van der Waals surface area (Å²) in [5.41, 5.74) is -2.45. The van der Waals surface area contributed by atoms with Gasteiger partial charge in [-0.1, -0.05) is 0 Å². The molecular weight excluding hydrogens is 340 g/mol. The number of carbonyl (C=O) groups is 2. The number of hydrogen-bond acceptors (Lipinski definition) is 9. The van der Waals surface area contributed by atoms with Gasteiger partial charge in [-0.05, 0) is 12.1 Å². The molecule has 1 aliphatic rings. The first kappa shape index (κ1) is 17.8. The number of ether oxygens (including phenoxy) is 1. The molecule has 0 saturated heterocycles. The number of rotatable bonds is 7. The fourth-order valence-corrected chi connectivity index (χ4v) is 2.24. The van der Waals surface area contributed by atoms with E-state index in [1.165, 1.54) is 0 Å². The molecule has 0 aromatic heterocycles. The second kappa shape index (κ2) is 6.92. The molecule has 0 spiro atoms. The first-order valence-corrected chi connectivity index (χ1v) is 6.77. The van der Waals surface area contributed by atoms with Crippen LogP contribution < -0.4 is 10.1 Å². The Bertz CT molecular complexity index is 803. The average molecular weight is 352 g/mol. The van der Waals surface area contributed by atoms with Gasteiger partial charge in [0.25, 0.3) is 11.8 Å². The summed E-state index contributed by atoms with van der Waals surface area (Å²) in [6.45, 7) is -0.697. The Kier molecular flexibility index (Phi) is 4.93. The molecule has 2 rings (SSSR count). The Hall–Kier alpha value is -3.54. The van der Waals surface area contributed by atoms with Gasteiger partial charge in [-0.25, -0.2) is 0 Å². The zero-order valence-corrected chi connectivity index (χ0v) is 12.8. The molecule has 0 aliphatic carbocycles. The summed E-state index contributed by atoms with van der Waals surface area (Å²) >= 11 is 0. The Morgan fingerprint density at radius 1 is 1.20 bits per heavy atom. The molecule has 0 fully saturated rings. The zero-order valence-electron chi connectivity index (χ0n) is 12.8. The highest BCUT2D eigenvalue weighted by molar-refractivity contribution is 6.17. The van der Waals surface area contributed by atoms with E-state index < -0.39 is 39.6 Å². The number of nitro groups is 2. The summed E-state index contributed by atoms with van der Waals surface area (Å²) in [6.07, 6.45) is 0.887. The lowest BCUT2D eigenvalue weighted by atomic mass is 10.2. The van der Waals surface area contributed by atoms with Crippen molar-refractivity contribution in [2.45, 2.75) is 0 Å². The minimum atomic E-state index is -0.990. The molecular formula is C13H12N4O8.